The number of hydrogen-bond acceptors (Lipinski definition) is 6. The number of nitrogens with one attached hydrogen (secondary N) is 1. The van der Waals surface area contributed by atoms with Gasteiger partial charge in [-0.3, -0.25) is 4.79 Å². The van der Waals surface area contributed by atoms with Crippen molar-refractivity contribution in [1.82, 2.24) is 10.2 Å². The highest BCUT2D eigenvalue weighted by Crippen LogP contribution is 2.38. The maximum Gasteiger partial charge on any atom is 0.253 e. The zero-order valence-corrected chi connectivity index (χ0v) is 15.6. The molecule has 3 rings (SSSR count). The summed E-state index contributed by atoms with van der Waals surface area (Å²) in [7, 11) is 1.61. The molecule has 1 saturated heterocycles. The standard InChI is InChI=1S/C19H29N3O4/c1-13(14-3-6-16(24-2)17(11-14)25-9-7-20)22(15-4-5-15)19(23)18-12-21-8-10-26-18/h3,6,11,13,15,18,21H,4-5,7-10,12,20H2,1-2H3/t13-,18-/m1/s1. The summed E-state index contributed by atoms with van der Waals surface area (Å²) in [6.45, 7) is 4.85. The number of amides is 1. The van der Waals surface area contributed by atoms with Crippen LogP contribution < -0.4 is 20.5 Å². The van der Waals surface area contributed by atoms with Gasteiger partial charge in [-0.05, 0) is 37.5 Å². The Morgan fingerprint density at radius 3 is 2.85 bits per heavy atom. The van der Waals surface area contributed by atoms with Gasteiger partial charge in [0, 0.05) is 25.7 Å². The quantitative estimate of drug-likeness (QED) is 0.719. The Labute approximate surface area is 154 Å². The molecule has 7 nitrogen and oxygen atoms in total. The smallest absolute Gasteiger partial charge is 0.253 e. The summed E-state index contributed by atoms with van der Waals surface area (Å²) < 4.78 is 16.8. The normalized spacial score (nSPS) is 21.1. The van der Waals surface area contributed by atoms with E-state index in [1.807, 2.05) is 23.1 Å². The van der Waals surface area contributed by atoms with E-state index in [-0.39, 0.29) is 11.9 Å². The SMILES string of the molecule is COc1ccc([C@@H](C)N(C(=O)[C@H]2CNCCO2)C2CC2)cc1OCCN. The lowest BCUT2D eigenvalue weighted by Crippen LogP contribution is -2.50. The minimum Gasteiger partial charge on any atom is -0.493 e. The van der Waals surface area contributed by atoms with Crippen molar-refractivity contribution in [3.05, 3.63) is 23.8 Å². The van der Waals surface area contributed by atoms with Crippen molar-refractivity contribution < 1.29 is 19.0 Å². The predicted octanol–water partition coefficient (Wildman–Crippen LogP) is 1.07. The Balaban J connectivity index is 1.80. The van der Waals surface area contributed by atoms with Gasteiger partial charge >= 0.3 is 0 Å². The molecule has 2 aliphatic rings. The minimum absolute atomic E-state index is 0.0624. The third-order valence-corrected chi connectivity index (χ3v) is 4.86. The van der Waals surface area contributed by atoms with E-state index in [2.05, 4.69) is 12.2 Å². The largest absolute Gasteiger partial charge is 0.493 e. The molecule has 7 heteroatoms. The van der Waals surface area contributed by atoms with E-state index in [1.54, 1.807) is 7.11 Å². The predicted molar refractivity (Wildman–Crippen MR) is 98.4 cm³/mol. The summed E-state index contributed by atoms with van der Waals surface area (Å²) in [5.41, 5.74) is 6.56. The highest BCUT2D eigenvalue weighted by atomic mass is 16.5. The summed E-state index contributed by atoms with van der Waals surface area (Å²) in [6, 6.07) is 6.04. The number of nitrogens with two attached hydrogens (primary N) is 1. The first-order chi connectivity index (χ1) is 12.7. The molecular formula is C19H29N3O4. The lowest BCUT2D eigenvalue weighted by Gasteiger charge is -2.34. The topological polar surface area (TPSA) is 86.0 Å². The first-order valence-electron chi connectivity index (χ1n) is 9.31. The van der Waals surface area contributed by atoms with Gasteiger partial charge < -0.3 is 30.2 Å². The van der Waals surface area contributed by atoms with Crippen LogP contribution in [0.5, 0.6) is 11.5 Å². The third-order valence-electron chi connectivity index (χ3n) is 4.86. The number of methoxy groups -OCH3 is 1. The Morgan fingerprint density at radius 2 is 2.23 bits per heavy atom. The zero-order chi connectivity index (χ0) is 18.5. The van der Waals surface area contributed by atoms with Gasteiger partial charge in [0.15, 0.2) is 11.5 Å². The van der Waals surface area contributed by atoms with Gasteiger partial charge in [0.25, 0.3) is 5.91 Å². The van der Waals surface area contributed by atoms with Gasteiger partial charge in [0.05, 0.1) is 19.8 Å². The van der Waals surface area contributed by atoms with Crippen LogP contribution in [0.3, 0.4) is 0 Å². The Morgan fingerprint density at radius 1 is 1.42 bits per heavy atom. The number of nitrogens with zero attached hydrogens (tertiary/aromatic N) is 1. The second-order valence-electron chi connectivity index (χ2n) is 6.76. The number of ether oxygens (including phenoxy) is 3. The van der Waals surface area contributed by atoms with Gasteiger partial charge in [-0.2, -0.15) is 0 Å². The lowest BCUT2D eigenvalue weighted by atomic mass is 10.0. The molecule has 26 heavy (non-hydrogen) atoms. The van der Waals surface area contributed by atoms with Crippen molar-refractivity contribution in [2.75, 3.05) is 40.0 Å². The number of morpholine rings is 1. The van der Waals surface area contributed by atoms with Gasteiger partial charge in [-0.15, -0.1) is 0 Å². The molecule has 1 amide bonds. The molecule has 0 spiro atoms. The van der Waals surface area contributed by atoms with Crippen LogP contribution in [0.4, 0.5) is 0 Å². The molecule has 1 aliphatic heterocycles. The molecule has 1 aromatic rings. The van der Waals surface area contributed by atoms with E-state index < -0.39 is 6.10 Å². The van der Waals surface area contributed by atoms with Crippen LogP contribution in [0.2, 0.25) is 0 Å². The fraction of sp³-hybridized carbons (Fsp3) is 0.632. The molecule has 1 aliphatic carbocycles. The molecular weight excluding hydrogens is 334 g/mol. The second kappa shape index (κ2) is 8.70. The molecule has 0 radical (unpaired) electrons. The molecule has 2 fully saturated rings. The number of hydrogen-bond donors (Lipinski definition) is 2. The van der Waals surface area contributed by atoms with Crippen molar-refractivity contribution in [3.8, 4) is 11.5 Å². The van der Waals surface area contributed by atoms with E-state index in [0.29, 0.717) is 43.8 Å². The van der Waals surface area contributed by atoms with E-state index in [4.69, 9.17) is 19.9 Å². The van der Waals surface area contributed by atoms with Crippen molar-refractivity contribution in [2.24, 2.45) is 5.73 Å². The van der Waals surface area contributed by atoms with E-state index in [1.165, 1.54) is 0 Å². The van der Waals surface area contributed by atoms with Crippen LogP contribution in [0.15, 0.2) is 18.2 Å². The van der Waals surface area contributed by atoms with Crippen molar-refractivity contribution in [2.45, 2.75) is 38.0 Å². The van der Waals surface area contributed by atoms with Crippen LogP contribution in [-0.4, -0.2) is 62.9 Å². The fourth-order valence-corrected chi connectivity index (χ4v) is 3.33. The average Bonchev–Trinajstić information content (AvgIpc) is 3.51. The maximum absolute atomic E-state index is 13.1. The number of carbonyl (C=O) groups excluding carboxylic acids is 1. The summed E-state index contributed by atoms with van der Waals surface area (Å²) >= 11 is 0. The molecule has 0 aromatic heterocycles. The lowest BCUT2D eigenvalue weighted by molar-refractivity contribution is -0.148. The highest BCUT2D eigenvalue weighted by Gasteiger charge is 2.40. The van der Waals surface area contributed by atoms with Gasteiger partial charge in [0.1, 0.15) is 12.7 Å². The van der Waals surface area contributed by atoms with Gasteiger partial charge in [0.2, 0.25) is 0 Å². The molecule has 0 bridgehead atoms. The van der Waals surface area contributed by atoms with Gasteiger partial charge in [-0.1, -0.05) is 6.07 Å². The molecule has 1 aromatic carbocycles. The molecule has 2 atom stereocenters. The number of benzene rings is 1. The van der Waals surface area contributed by atoms with Crippen LogP contribution in [0.1, 0.15) is 31.4 Å². The zero-order valence-electron chi connectivity index (χ0n) is 15.6. The summed E-state index contributed by atoms with van der Waals surface area (Å²) in [5.74, 6) is 1.38. The summed E-state index contributed by atoms with van der Waals surface area (Å²) in [5, 5.41) is 3.24. The number of carbonyl (C=O) groups is 1. The van der Waals surface area contributed by atoms with Crippen LogP contribution in [0.25, 0.3) is 0 Å². The Bertz CT molecular complexity index is 615. The van der Waals surface area contributed by atoms with Crippen molar-refractivity contribution in [1.29, 1.82) is 0 Å². The van der Waals surface area contributed by atoms with Crippen LogP contribution in [0, 0.1) is 0 Å². The monoisotopic (exact) mass is 363 g/mol. The van der Waals surface area contributed by atoms with E-state index >= 15 is 0 Å². The highest BCUT2D eigenvalue weighted by molar-refractivity contribution is 5.82. The number of rotatable bonds is 8. The minimum atomic E-state index is -0.405. The van der Waals surface area contributed by atoms with Gasteiger partial charge in [-0.25, -0.2) is 0 Å². The molecule has 0 unspecified atom stereocenters. The van der Waals surface area contributed by atoms with E-state index in [9.17, 15) is 4.79 Å². The second-order valence-corrected chi connectivity index (χ2v) is 6.76. The molecule has 3 N–H and O–H groups in total. The summed E-state index contributed by atoms with van der Waals surface area (Å²) in [4.78, 5) is 15.0. The average molecular weight is 363 g/mol. The molecule has 1 saturated carbocycles. The maximum atomic E-state index is 13.1. The van der Waals surface area contributed by atoms with Crippen LogP contribution in [-0.2, 0) is 9.53 Å². The fourth-order valence-electron chi connectivity index (χ4n) is 3.33. The van der Waals surface area contributed by atoms with Crippen molar-refractivity contribution in [3.63, 3.8) is 0 Å². The first-order valence-corrected chi connectivity index (χ1v) is 9.31. The third kappa shape index (κ3) is 4.28. The summed E-state index contributed by atoms with van der Waals surface area (Å²) in [6.07, 6.45) is 1.68. The Kier molecular flexibility index (Phi) is 6.34. The molecule has 144 valence electrons. The first kappa shape index (κ1) is 18.9. The molecule has 1 heterocycles. The van der Waals surface area contributed by atoms with Crippen molar-refractivity contribution >= 4 is 5.91 Å². The Hall–Kier alpha value is -1.83. The van der Waals surface area contributed by atoms with Crippen LogP contribution >= 0.6 is 0 Å². The van der Waals surface area contributed by atoms with E-state index in [0.717, 1.165) is 24.9 Å².